The van der Waals surface area contributed by atoms with Crippen LogP contribution in [-0.2, 0) is 0 Å². The quantitative estimate of drug-likeness (QED) is 0.150. The summed E-state index contributed by atoms with van der Waals surface area (Å²) in [5.41, 5.74) is 4.66. The van der Waals surface area contributed by atoms with E-state index in [1.54, 1.807) is 0 Å². The molecule has 0 saturated carbocycles. The van der Waals surface area contributed by atoms with Gasteiger partial charge in [0.05, 0.1) is 11.0 Å². The molecule has 0 aliphatic heterocycles. The van der Waals surface area contributed by atoms with Crippen LogP contribution < -0.4 is 20.7 Å². The van der Waals surface area contributed by atoms with Crippen molar-refractivity contribution < 1.29 is 0 Å². The number of benzene rings is 6. The molecule has 0 saturated heterocycles. The second kappa shape index (κ2) is 11.0. The van der Waals surface area contributed by atoms with Crippen LogP contribution in [0.25, 0.3) is 38.8 Å². The second-order valence-electron chi connectivity index (χ2n) is 11.2. The van der Waals surface area contributed by atoms with E-state index in [2.05, 4.69) is 180 Å². The third kappa shape index (κ3) is 4.21. The third-order valence-electron chi connectivity index (χ3n) is 8.80. The van der Waals surface area contributed by atoms with E-state index < -0.39 is 8.07 Å². The lowest BCUT2D eigenvalue weighted by atomic mass is 10.1. The molecular formula is C41H30N2Si-. The van der Waals surface area contributed by atoms with E-state index in [1.807, 2.05) is 6.20 Å². The second-order valence-corrected chi connectivity index (χ2v) is 15.0. The summed E-state index contributed by atoms with van der Waals surface area (Å²) in [6, 6.07) is 64.0. The molecule has 8 aromatic rings. The number of rotatable bonds is 6. The van der Waals surface area contributed by atoms with Crippen molar-refractivity contribution in [2.24, 2.45) is 0 Å². The van der Waals surface area contributed by atoms with E-state index in [1.165, 1.54) is 37.1 Å². The van der Waals surface area contributed by atoms with Gasteiger partial charge in [0, 0.05) is 17.0 Å². The van der Waals surface area contributed by atoms with Crippen LogP contribution in [0.3, 0.4) is 0 Å². The molecule has 44 heavy (non-hydrogen) atoms. The first-order valence-electron chi connectivity index (χ1n) is 15.1. The molecule has 0 N–H and O–H groups in total. The van der Waals surface area contributed by atoms with Gasteiger partial charge in [-0.1, -0.05) is 152 Å². The summed E-state index contributed by atoms with van der Waals surface area (Å²) in [5.74, 6) is 0.919. The molecular weight excluding hydrogens is 549 g/mol. The Balaban J connectivity index is 1.35. The first-order valence-corrected chi connectivity index (χ1v) is 17.1. The van der Waals surface area contributed by atoms with Gasteiger partial charge in [-0.2, -0.15) is 20.7 Å². The predicted octanol–water partition coefficient (Wildman–Crippen LogP) is 7.22. The molecule has 0 amide bonds. The molecule has 6 aromatic carbocycles. The molecule has 0 fully saturated rings. The molecule has 2 aromatic heterocycles. The van der Waals surface area contributed by atoms with Crippen LogP contribution in [0.1, 0.15) is 0 Å². The molecule has 0 aliphatic carbocycles. The number of fused-ring (bicyclic) bond motifs is 3. The lowest BCUT2D eigenvalue weighted by Crippen LogP contribution is -2.74. The highest BCUT2D eigenvalue weighted by molar-refractivity contribution is 7.19. The van der Waals surface area contributed by atoms with E-state index in [0.29, 0.717) is 0 Å². The Hall–Kier alpha value is -5.51. The van der Waals surface area contributed by atoms with Gasteiger partial charge in [0.15, 0.2) is 0 Å². The van der Waals surface area contributed by atoms with Crippen LogP contribution in [0.15, 0.2) is 182 Å². The maximum Gasteiger partial charge on any atom is 0.138 e. The van der Waals surface area contributed by atoms with Crippen molar-refractivity contribution in [3.8, 4) is 16.9 Å². The van der Waals surface area contributed by atoms with Crippen LogP contribution in [0.4, 0.5) is 0 Å². The zero-order valence-electron chi connectivity index (χ0n) is 24.2. The summed E-state index contributed by atoms with van der Waals surface area (Å²) in [6.07, 6.45) is 1.94. The van der Waals surface area contributed by atoms with Gasteiger partial charge in [0.1, 0.15) is 5.82 Å². The van der Waals surface area contributed by atoms with Crippen molar-refractivity contribution in [3.63, 3.8) is 0 Å². The van der Waals surface area contributed by atoms with Crippen molar-refractivity contribution in [2.75, 3.05) is 0 Å². The zero-order valence-corrected chi connectivity index (χ0v) is 25.2. The average molecular weight is 579 g/mol. The summed E-state index contributed by atoms with van der Waals surface area (Å²) >= 11 is 0. The largest absolute Gasteiger partial charge is 0.294 e. The number of aromatic nitrogens is 2. The van der Waals surface area contributed by atoms with Crippen molar-refractivity contribution >= 4 is 50.6 Å². The topological polar surface area (TPSA) is 17.8 Å². The summed E-state index contributed by atoms with van der Waals surface area (Å²) in [4.78, 5) is 4.89. The molecule has 3 heteroatoms. The molecule has 0 aliphatic rings. The standard InChI is InChI=1S/C41H30N2Si/c1-4-16-33(17-5-1)44(34-18-6-2-7-19-34,35-20-8-3-9-21-35)36-22-14-15-31(29-36)32-27-28-42-41(30-32)43-39-25-12-10-23-37(39)38-24-11-13-26-40(38)43/h1-30H/q-1. The molecule has 2 nitrogen and oxygen atoms in total. The Morgan fingerprint density at radius 1 is 0.386 bits per heavy atom. The zero-order chi connectivity index (χ0) is 29.3. The van der Waals surface area contributed by atoms with Gasteiger partial charge in [0.25, 0.3) is 0 Å². The predicted molar refractivity (Wildman–Crippen MR) is 188 cm³/mol. The SMILES string of the molecule is c1ccc([Si-](c2ccccc2)(c2ccccc2)c2cccc(-c3ccnc(-n4c5ccccc5c5ccccc54)c3)c2)cc1. The molecule has 2 heterocycles. The fourth-order valence-corrected chi connectivity index (χ4v) is 11.7. The number of nitrogens with zero attached hydrogens (tertiary/aromatic N) is 2. The lowest BCUT2D eigenvalue weighted by molar-refractivity contribution is 1.08. The van der Waals surface area contributed by atoms with Gasteiger partial charge in [-0.3, -0.25) is 4.57 Å². The fraction of sp³-hybridized carbons (Fsp3) is 0. The molecule has 209 valence electrons. The molecule has 0 spiro atoms. The van der Waals surface area contributed by atoms with Gasteiger partial charge in [-0.25, -0.2) is 4.98 Å². The van der Waals surface area contributed by atoms with Gasteiger partial charge in [-0.05, 0) is 43.5 Å². The van der Waals surface area contributed by atoms with Crippen LogP contribution >= 0.6 is 0 Å². The van der Waals surface area contributed by atoms with E-state index in [9.17, 15) is 0 Å². The minimum atomic E-state index is -2.62. The summed E-state index contributed by atoms with van der Waals surface area (Å²) in [7, 11) is -2.62. The highest BCUT2D eigenvalue weighted by Gasteiger charge is 2.28. The smallest absolute Gasteiger partial charge is 0.138 e. The van der Waals surface area contributed by atoms with Crippen molar-refractivity contribution in [1.82, 2.24) is 9.55 Å². The van der Waals surface area contributed by atoms with Crippen LogP contribution in [0.2, 0.25) is 0 Å². The first kappa shape index (κ1) is 26.1. The Labute approximate surface area is 258 Å². The minimum absolute atomic E-state index is 0.919. The van der Waals surface area contributed by atoms with E-state index in [-0.39, 0.29) is 0 Å². The van der Waals surface area contributed by atoms with E-state index in [0.717, 1.165) is 22.4 Å². The number of hydrogen-bond donors (Lipinski definition) is 0. The summed E-state index contributed by atoms with van der Waals surface area (Å²) in [6.45, 7) is 0. The maximum absolute atomic E-state index is 4.89. The molecule has 8 rings (SSSR count). The van der Waals surface area contributed by atoms with Crippen LogP contribution in [-0.4, -0.2) is 17.6 Å². The Morgan fingerprint density at radius 2 is 0.841 bits per heavy atom. The minimum Gasteiger partial charge on any atom is -0.294 e. The highest BCUT2D eigenvalue weighted by atomic mass is 28.3. The monoisotopic (exact) mass is 578 g/mol. The lowest BCUT2D eigenvalue weighted by Gasteiger charge is -2.47. The van der Waals surface area contributed by atoms with E-state index in [4.69, 9.17) is 4.98 Å². The summed E-state index contributed by atoms with van der Waals surface area (Å²) < 4.78 is 2.29. The number of para-hydroxylation sites is 2. The molecule has 0 atom stereocenters. The fourth-order valence-electron chi connectivity index (χ4n) is 6.89. The van der Waals surface area contributed by atoms with Crippen LogP contribution in [0, 0.1) is 0 Å². The van der Waals surface area contributed by atoms with E-state index >= 15 is 0 Å². The number of hydrogen-bond acceptors (Lipinski definition) is 1. The van der Waals surface area contributed by atoms with Crippen molar-refractivity contribution in [1.29, 1.82) is 0 Å². The van der Waals surface area contributed by atoms with Crippen molar-refractivity contribution in [3.05, 3.63) is 182 Å². The van der Waals surface area contributed by atoms with Gasteiger partial charge < -0.3 is 0 Å². The number of pyridine rings is 1. The van der Waals surface area contributed by atoms with Gasteiger partial charge >= 0.3 is 0 Å². The highest BCUT2D eigenvalue weighted by Crippen LogP contribution is 2.32. The van der Waals surface area contributed by atoms with Crippen molar-refractivity contribution in [2.45, 2.75) is 0 Å². The summed E-state index contributed by atoms with van der Waals surface area (Å²) in [5, 5.41) is 7.94. The normalized spacial score (nSPS) is 11.6. The Bertz CT molecular complexity index is 2070. The van der Waals surface area contributed by atoms with Gasteiger partial charge in [0.2, 0.25) is 0 Å². The molecule has 0 radical (unpaired) electrons. The molecule has 0 unspecified atom stereocenters. The average Bonchev–Trinajstić information content (AvgIpc) is 3.45. The Kier molecular flexibility index (Phi) is 6.51. The maximum atomic E-state index is 4.89. The van der Waals surface area contributed by atoms with Crippen LogP contribution in [0.5, 0.6) is 0 Å². The first-order chi connectivity index (χ1) is 21.8. The molecule has 0 bridgehead atoms. The third-order valence-corrected chi connectivity index (χ3v) is 13.6. The Morgan fingerprint density at radius 3 is 1.39 bits per heavy atom. The van der Waals surface area contributed by atoms with Gasteiger partial charge in [-0.15, -0.1) is 0 Å².